The summed E-state index contributed by atoms with van der Waals surface area (Å²) in [6.07, 6.45) is 0.382. The number of anilines is 2. The van der Waals surface area contributed by atoms with Crippen molar-refractivity contribution in [1.29, 1.82) is 0 Å². The number of benzene rings is 4. The Morgan fingerprint density at radius 3 is 2.12 bits per heavy atom. The first-order valence-electron chi connectivity index (χ1n) is 13.1. The van der Waals surface area contributed by atoms with Gasteiger partial charge in [0.2, 0.25) is 0 Å². The number of amides is 2. The van der Waals surface area contributed by atoms with Gasteiger partial charge < -0.3 is 10.6 Å². The van der Waals surface area contributed by atoms with Crippen molar-refractivity contribution in [1.82, 2.24) is 14.5 Å². The molecule has 0 spiro atoms. The van der Waals surface area contributed by atoms with Crippen LogP contribution in [-0.4, -0.2) is 20.6 Å². The Morgan fingerprint density at radius 1 is 0.707 bits per heavy atom. The zero-order valence-corrected chi connectivity index (χ0v) is 22.7. The van der Waals surface area contributed by atoms with Crippen LogP contribution in [-0.2, 0) is 6.42 Å². The molecule has 0 atom stereocenters. The molecule has 0 bridgehead atoms. The zero-order chi connectivity index (χ0) is 28.0. The van der Waals surface area contributed by atoms with E-state index in [0.29, 0.717) is 40.3 Å². The highest BCUT2D eigenvalue weighted by Crippen LogP contribution is 2.28. The molecule has 200 valence electrons. The van der Waals surface area contributed by atoms with E-state index >= 15 is 0 Å². The highest BCUT2D eigenvalue weighted by Gasteiger charge is 2.16. The normalized spacial score (nSPS) is 10.8. The van der Waals surface area contributed by atoms with Gasteiger partial charge in [-0.15, -0.1) is 0 Å². The predicted molar refractivity (Wildman–Crippen MR) is 164 cm³/mol. The van der Waals surface area contributed by atoms with Crippen LogP contribution in [0.4, 0.5) is 16.2 Å². The van der Waals surface area contributed by atoms with E-state index in [0.717, 1.165) is 15.5 Å². The second-order valence-electron chi connectivity index (χ2n) is 9.26. The minimum atomic E-state index is -0.385. The first-order chi connectivity index (χ1) is 20.1. The predicted octanol–water partition coefficient (Wildman–Crippen LogP) is 7.17. The number of para-hydroxylation sites is 1. The maximum absolute atomic E-state index is 14.0. The van der Waals surface area contributed by atoms with Crippen LogP contribution in [0.25, 0.3) is 16.9 Å². The number of hydrogen-bond donors (Lipinski definition) is 2. The third kappa shape index (κ3) is 6.18. The molecule has 6 rings (SSSR count). The molecule has 41 heavy (non-hydrogen) atoms. The van der Waals surface area contributed by atoms with Crippen molar-refractivity contribution in [2.45, 2.75) is 16.3 Å². The fourth-order valence-electron chi connectivity index (χ4n) is 4.44. The number of pyridine rings is 1. The highest BCUT2D eigenvalue weighted by atomic mass is 32.2. The molecule has 8 heteroatoms. The van der Waals surface area contributed by atoms with E-state index in [9.17, 15) is 9.59 Å². The molecule has 0 aliphatic heterocycles. The van der Waals surface area contributed by atoms with Gasteiger partial charge in [0.25, 0.3) is 5.56 Å². The summed E-state index contributed by atoms with van der Waals surface area (Å²) in [6.45, 7) is 0. The summed E-state index contributed by atoms with van der Waals surface area (Å²) in [4.78, 5) is 37.3. The van der Waals surface area contributed by atoms with Crippen molar-refractivity contribution in [3.8, 4) is 5.69 Å². The molecular weight excluding hydrogens is 530 g/mol. The van der Waals surface area contributed by atoms with Gasteiger partial charge in [-0.3, -0.25) is 9.36 Å². The van der Waals surface area contributed by atoms with Gasteiger partial charge in [-0.1, -0.05) is 84.6 Å². The lowest BCUT2D eigenvalue weighted by Gasteiger charge is -2.14. The minimum Gasteiger partial charge on any atom is -0.308 e. The van der Waals surface area contributed by atoms with Crippen LogP contribution in [0.1, 0.15) is 11.3 Å². The third-order valence-corrected chi connectivity index (χ3v) is 7.26. The Morgan fingerprint density at radius 2 is 1.37 bits per heavy atom. The van der Waals surface area contributed by atoms with Crippen molar-refractivity contribution >= 4 is 40.3 Å². The second kappa shape index (κ2) is 11.9. The van der Waals surface area contributed by atoms with Crippen molar-refractivity contribution in [3.63, 3.8) is 0 Å². The molecule has 0 saturated carbocycles. The minimum absolute atomic E-state index is 0.262. The van der Waals surface area contributed by atoms with E-state index in [1.54, 1.807) is 22.8 Å². The smallest absolute Gasteiger partial charge is 0.308 e. The second-order valence-corrected chi connectivity index (χ2v) is 10.4. The first-order valence-corrected chi connectivity index (χ1v) is 13.9. The van der Waals surface area contributed by atoms with E-state index in [2.05, 4.69) is 10.6 Å². The average Bonchev–Trinajstić information content (AvgIpc) is 2.99. The van der Waals surface area contributed by atoms with Gasteiger partial charge >= 0.3 is 6.03 Å². The number of carbonyl (C=O) groups is 1. The Kier molecular flexibility index (Phi) is 7.55. The van der Waals surface area contributed by atoms with E-state index in [-0.39, 0.29) is 11.6 Å². The Labute approximate surface area is 240 Å². The molecule has 0 saturated heterocycles. The summed E-state index contributed by atoms with van der Waals surface area (Å²) in [5.74, 6) is 0. The summed E-state index contributed by atoms with van der Waals surface area (Å²) in [7, 11) is 0. The Hall–Kier alpha value is -5.21. The van der Waals surface area contributed by atoms with Gasteiger partial charge in [-0.25, -0.2) is 14.8 Å². The maximum Gasteiger partial charge on any atom is 0.323 e. The summed E-state index contributed by atoms with van der Waals surface area (Å²) in [6, 6.07) is 39.5. The van der Waals surface area contributed by atoms with Gasteiger partial charge in [-0.2, -0.15) is 0 Å². The number of aromatic nitrogens is 3. The van der Waals surface area contributed by atoms with Crippen LogP contribution >= 0.6 is 11.8 Å². The standard InChI is InChI=1S/C33H25N5O2S/c39-32-29(21-23-11-4-1-5-12-23)36-28-19-20-30(41-27-17-8-3-9-18-27)37-31(28)38(32)26-16-10-15-25(22-26)35-33(40)34-24-13-6-2-7-14-24/h1-20,22H,21H2,(H2,34,35,40). The summed E-state index contributed by atoms with van der Waals surface area (Å²) in [5.41, 5.74) is 3.97. The molecule has 0 unspecified atom stereocenters. The van der Waals surface area contributed by atoms with Crippen LogP contribution in [0.15, 0.2) is 142 Å². The van der Waals surface area contributed by atoms with Crippen molar-refractivity contribution in [2.75, 3.05) is 10.6 Å². The highest BCUT2D eigenvalue weighted by molar-refractivity contribution is 7.99. The quantitative estimate of drug-likeness (QED) is 0.218. The zero-order valence-electron chi connectivity index (χ0n) is 21.9. The molecule has 0 aliphatic carbocycles. The third-order valence-electron chi connectivity index (χ3n) is 6.32. The van der Waals surface area contributed by atoms with Gasteiger partial charge in [-0.05, 0) is 60.2 Å². The molecule has 0 fully saturated rings. The fourth-order valence-corrected chi connectivity index (χ4v) is 5.24. The maximum atomic E-state index is 14.0. The summed E-state index contributed by atoms with van der Waals surface area (Å²) < 4.78 is 1.58. The summed E-state index contributed by atoms with van der Waals surface area (Å²) in [5, 5.41) is 6.42. The van der Waals surface area contributed by atoms with Crippen LogP contribution in [0, 0.1) is 0 Å². The largest absolute Gasteiger partial charge is 0.323 e. The topological polar surface area (TPSA) is 88.9 Å². The van der Waals surface area contributed by atoms with E-state index in [4.69, 9.17) is 9.97 Å². The van der Waals surface area contributed by atoms with Crippen molar-refractivity contribution < 1.29 is 4.79 Å². The lowest BCUT2D eigenvalue weighted by Crippen LogP contribution is -2.26. The van der Waals surface area contributed by atoms with E-state index in [1.807, 2.05) is 109 Å². The number of nitrogens with zero attached hydrogens (tertiary/aromatic N) is 3. The van der Waals surface area contributed by atoms with Crippen LogP contribution in [0.2, 0.25) is 0 Å². The molecule has 0 radical (unpaired) electrons. The van der Waals surface area contributed by atoms with Gasteiger partial charge in [0.15, 0.2) is 5.65 Å². The number of hydrogen-bond acceptors (Lipinski definition) is 5. The Bertz CT molecular complexity index is 1880. The summed E-state index contributed by atoms with van der Waals surface area (Å²) >= 11 is 1.51. The van der Waals surface area contributed by atoms with Gasteiger partial charge in [0.1, 0.15) is 16.2 Å². The molecule has 2 amide bonds. The molecule has 7 nitrogen and oxygen atoms in total. The molecule has 2 heterocycles. The fraction of sp³-hybridized carbons (Fsp3) is 0.0303. The van der Waals surface area contributed by atoms with E-state index in [1.165, 1.54) is 11.8 Å². The van der Waals surface area contributed by atoms with E-state index < -0.39 is 0 Å². The average molecular weight is 556 g/mol. The SMILES string of the molecule is O=C(Nc1ccccc1)Nc1cccc(-n2c(=O)c(Cc3ccccc3)nc3ccc(Sc4ccccc4)nc32)c1. The van der Waals surface area contributed by atoms with Crippen LogP contribution in [0.5, 0.6) is 0 Å². The molecule has 2 aromatic heterocycles. The molecule has 0 aliphatic rings. The monoisotopic (exact) mass is 555 g/mol. The number of urea groups is 1. The first kappa shape index (κ1) is 26.0. The Balaban J connectivity index is 1.41. The number of nitrogens with one attached hydrogen (secondary N) is 2. The lowest BCUT2D eigenvalue weighted by atomic mass is 10.1. The van der Waals surface area contributed by atoms with Crippen LogP contribution < -0.4 is 16.2 Å². The molecular formula is C33H25N5O2S. The molecule has 4 aromatic carbocycles. The number of fused-ring (bicyclic) bond motifs is 1. The van der Waals surface area contributed by atoms with Crippen molar-refractivity contribution in [3.05, 3.63) is 149 Å². The number of carbonyl (C=O) groups excluding carboxylic acids is 1. The van der Waals surface area contributed by atoms with Crippen molar-refractivity contribution in [2.24, 2.45) is 0 Å². The lowest BCUT2D eigenvalue weighted by molar-refractivity contribution is 0.262. The number of rotatable bonds is 7. The van der Waals surface area contributed by atoms with Gasteiger partial charge in [0, 0.05) is 22.7 Å². The van der Waals surface area contributed by atoms with Crippen LogP contribution in [0.3, 0.4) is 0 Å². The molecule has 2 N–H and O–H groups in total. The molecule has 6 aromatic rings. The van der Waals surface area contributed by atoms with Gasteiger partial charge in [0.05, 0.1) is 5.69 Å².